The molecule has 1 aliphatic heterocycles. The molecule has 1 saturated heterocycles. The number of esters is 1. The summed E-state index contributed by atoms with van der Waals surface area (Å²) in [5, 5.41) is 2.92. The molecule has 2 aromatic carbocycles. The predicted molar refractivity (Wildman–Crippen MR) is 106 cm³/mol. The fourth-order valence-corrected chi connectivity index (χ4v) is 3.28. The van der Waals surface area contributed by atoms with Crippen molar-refractivity contribution in [2.45, 2.75) is 32.2 Å². The lowest BCUT2D eigenvalue weighted by Crippen LogP contribution is -2.31. The summed E-state index contributed by atoms with van der Waals surface area (Å²) in [6.07, 6.45) is 1.39. The number of amides is 2. The number of carbonyl (C=O) groups excluding carboxylic acids is 3. The zero-order valence-electron chi connectivity index (χ0n) is 16.1. The maximum atomic E-state index is 12.8. The first-order valence-corrected chi connectivity index (χ1v) is 9.32. The van der Waals surface area contributed by atoms with E-state index in [1.165, 1.54) is 7.11 Å². The highest BCUT2D eigenvalue weighted by atomic mass is 16.5. The summed E-state index contributed by atoms with van der Waals surface area (Å²) in [5.41, 5.74) is 3.08. The van der Waals surface area contributed by atoms with Gasteiger partial charge in [0.25, 0.3) is 5.91 Å². The fourth-order valence-electron chi connectivity index (χ4n) is 3.28. The van der Waals surface area contributed by atoms with E-state index in [0.717, 1.165) is 23.2 Å². The number of hydrogen-bond acceptors (Lipinski definition) is 4. The van der Waals surface area contributed by atoms with Gasteiger partial charge < -0.3 is 15.0 Å². The predicted octanol–water partition coefficient (Wildman–Crippen LogP) is 3.16. The Morgan fingerprint density at radius 3 is 2.57 bits per heavy atom. The number of carbonyl (C=O) groups is 3. The average Bonchev–Trinajstić information content (AvgIpc) is 3.14. The van der Waals surface area contributed by atoms with Crippen LogP contribution in [0, 0.1) is 6.92 Å². The van der Waals surface area contributed by atoms with Gasteiger partial charge in [-0.15, -0.1) is 0 Å². The molecular formula is C22H24N2O4. The van der Waals surface area contributed by atoms with E-state index in [-0.39, 0.29) is 18.2 Å². The molecule has 0 spiro atoms. The molecule has 6 heteroatoms. The molecule has 1 atom stereocenters. The number of hydrogen-bond donors (Lipinski definition) is 1. The molecule has 0 unspecified atom stereocenters. The van der Waals surface area contributed by atoms with E-state index in [0.29, 0.717) is 18.5 Å². The molecule has 1 N–H and O–H groups in total. The van der Waals surface area contributed by atoms with E-state index in [1.54, 1.807) is 23.1 Å². The second-order valence-electron chi connectivity index (χ2n) is 6.92. The summed E-state index contributed by atoms with van der Waals surface area (Å²) >= 11 is 0. The SMILES string of the molecule is COC(=O)C[C@H](NC(=O)c1cccc(N2CCCC2=O)c1)c1ccc(C)cc1. The third kappa shape index (κ3) is 4.57. The van der Waals surface area contributed by atoms with Gasteiger partial charge in [0.15, 0.2) is 0 Å². The van der Waals surface area contributed by atoms with E-state index in [2.05, 4.69) is 5.32 Å². The normalized spacial score (nSPS) is 14.6. The largest absolute Gasteiger partial charge is 0.469 e. The molecule has 0 saturated carbocycles. The molecule has 0 radical (unpaired) electrons. The Morgan fingerprint density at radius 2 is 1.93 bits per heavy atom. The lowest BCUT2D eigenvalue weighted by atomic mass is 10.0. The Bertz CT molecular complexity index is 876. The molecule has 1 heterocycles. The zero-order valence-corrected chi connectivity index (χ0v) is 16.1. The van der Waals surface area contributed by atoms with Gasteiger partial charge in [-0.05, 0) is 37.1 Å². The minimum absolute atomic E-state index is 0.0373. The molecule has 2 aromatic rings. The fraction of sp³-hybridized carbons (Fsp3) is 0.318. The summed E-state index contributed by atoms with van der Waals surface area (Å²) in [5.74, 6) is -0.633. The molecule has 1 aliphatic rings. The van der Waals surface area contributed by atoms with Gasteiger partial charge in [0.05, 0.1) is 19.6 Å². The van der Waals surface area contributed by atoms with Crippen molar-refractivity contribution in [2.24, 2.45) is 0 Å². The molecule has 2 amide bonds. The van der Waals surface area contributed by atoms with Gasteiger partial charge in [-0.25, -0.2) is 0 Å². The standard InChI is InChI=1S/C22H24N2O4/c1-15-8-10-16(11-9-15)19(14-21(26)28-2)23-22(27)17-5-3-6-18(13-17)24-12-4-7-20(24)25/h3,5-6,8-11,13,19H,4,7,12,14H2,1-2H3,(H,23,27)/t19-/m0/s1. The summed E-state index contributed by atoms with van der Waals surface area (Å²) in [4.78, 5) is 38.3. The van der Waals surface area contributed by atoms with Crippen LogP contribution in [0.15, 0.2) is 48.5 Å². The summed E-state index contributed by atoms with van der Waals surface area (Å²) in [6.45, 7) is 2.64. The van der Waals surface area contributed by atoms with E-state index >= 15 is 0 Å². The van der Waals surface area contributed by atoms with Gasteiger partial charge in [-0.3, -0.25) is 14.4 Å². The van der Waals surface area contributed by atoms with Crippen molar-refractivity contribution in [2.75, 3.05) is 18.6 Å². The second-order valence-corrected chi connectivity index (χ2v) is 6.92. The van der Waals surface area contributed by atoms with Crippen molar-refractivity contribution in [3.05, 3.63) is 65.2 Å². The van der Waals surface area contributed by atoms with Crippen LogP contribution >= 0.6 is 0 Å². The van der Waals surface area contributed by atoms with Gasteiger partial charge in [0, 0.05) is 24.2 Å². The Balaban J connectivity index is 1.80. The van der Waals surface area contributed by atoms with Crippen LogP contribution in [0.5, 0.6) is 0 Å². The number of ether oxygens (including phenoxy) is 1. The van der Waals surface area contributed by atoms with Gasteiger partial charge in [0.1, 0.15) is 0 Å². The van der Waals surface area contributed by atoms with Crippen LogP contribution in [0.3, 0.4) is 0 Å². The first kappa shape index (κ1) is 19.6. The maximum Gasteiger partial charge on any atom is 0.307 e. The second kappa shape index (κ2) is 8.69. The number of methoxy groups -OCH3 is 1. The molecule has 3 rings (SSSR count). The molecule has 1 fully saturated rings. The lowest BCUT2D eigenvalue weighted by Gasteiger charge is -2.20. The Labute approximate surface area is 164 Å². The van der Waals surface area contributed by atoms with Crippen LogP contribution in [-0.2, 0) is 14.3 Å². The molecule has 28 heavy (non-hydrogen) atoms. The zero-order chi connectivity index (χ0) is 20.1. The van der Waals surface area contributed by atoms with Crippen molar-refractivity contribution in [1.29, 1.82) is 0 Å². The molecule has 146 valence electrons. The van der Waals surface area contributed by atoms with Gasteiger partial charge in [-0.2, -0.15) is 0 Å². The first-order chi connectivity index (χ1) is 13.5. The monoisotopic (exact) mass is 380 g/mol. The quantitative estimate of drug-likeness (QED) is 0.781. The molecule has 0 aliphatic carbocycles. The Morgan fingerprint density at radius 1 is 1.18 bits per heavy atom. The minimum Gasteiger partial charge on any atom is -0.469 e. The van der Waals surface area contributed by atoms with Gasteiger partial charge >= 0.3 is 5.97 Å². The Hall–Kier alpha value is -3.15. The van der Waals surface area contributed by atoms with E-state index in [4.69, 9.17) is 4.74 Å². The smallest absolute Gasteiger partial charge is 0.307 e. The lowest BCUT2D eigenvalue weighted by molar-refractivity contribution is -0.141. The number of rotatable bonds is 6. The number of nitrogens with one attached hydrogen (secondary N) is 1. The number of aryl methyl sites for hydroxylation is 1. The van der Waals surface area contributed by atoms with Crippen molar-refractivity contribution in [1.82, 2.24) is 5.32 Å². The van der Waals surface area contributed by atoms with Crippen LogP contribution in [0.4, 0.5) is 5.69 Å². The van der Waals surface area contributed by atoms with Crippen LogP contribution in [0.1, 0.15) is 46.8 Å². The summed E-state index contributed by atoms with van der Waals surface area (Å²) in [6, 6.07) is 14.1. The van der Waals surface area contributed by atoms with E-state index < -0.39 is 12.0 Å². The highest BCUT2D eigenvalue weighted by molar-refractivity contribution is 5.99. The van der Waals surface area contributed by atoms with Crippen LogP contribution in [0.25, 0.3) is 0 Å². The van der Waals surface area contributed by atoms with E-state index in [9.17, 15) is 14.4 Å². The van der Waals surface area contributed by atoms with Crippen LogP contribution in [0.2, 0.25) is 0 Å². The Kier molecular flexibility index (Phi) is 6.09. The highest BCUT2D eigenvalue weighted by Crippen LogP contribution is 2.23. The third-order valence-corrected chi connectivity index (χ3v) is 4.88. The first-order valence-electron chi connectivity index (χ1n) is 9.32. The molecule has 0 bridgehead atoms. The van der Waals surface area contributed by atoms with Crippen molar-refractivity contribution < 1.29 is 19.1 Å². The molecule has 6 nitrogen and oxygen atoms in total. The molecular weight excluding hydrogens is 356 g/mol. The number of nitrogens with zero attached hydrogens (tertiary/aromatic N) is 1. The summed E-state index contributed by atoms with van der Waals surface area (Å²) in [7, 11) is 1.33. The highest BCUT2D eigenvalue weighted by Gasteiger charge is 2.23. The van der Waals surface area contributed by atoms with Crippen LogP contribution in [-0.4, -0.2) is 31.4 Å². The van der Waals surface area contributed by atoms with Crippen molar-refractivity contribution in [3.8, 4) is 0 Å². The average molecular weight is 380 g/mol. The van der Waals surface area contributed by atoms with Crippen LogP contribution < -0.4 is 10.2 Å². The number of anilines is 1. The third-order valence-electron chi connectivity index (χ3n) is 4.88. The minimum atomic E-state index is -0.502. The van der Waals surface area contributed by atoms with Crippen molar-refractivity contribution >= 4 is 23.5 Å². The van der Waals surface area contributed by atoms with Crippen molar-refractivity contribution in [3.63, 3.8) is 0 Å². The maximum absolute atomic E-state index is 12.8. The molecule has 0 aromatic heterocycles. The number of benzene rings is 2. The summed E-state index contributed by atoms with van der Waals surface area (Å²) < 4.78 is 4.78. The van der Waals surface area contributed by atoms with E-state index in [1.807, 2.05) is 37.3 Å². The topological polar surface area (TPSA) is 75.7 Å². The van der Waals surface area contributed by atoms with Gasteiger partial charge in [-0.1, -0.05) is 35.9 Å². The van der Waals surface area contributed by atoms with Gasteiger partial charge in [0.2, 0.25) is 5.91 Å².